The lowest BCUT2D eigenvalue weighted by molar-refractivity contribution is 0.546. The molecular formula is C16H14. The van der Waals surface area contributed by atoms with Crippen molar-refractivity contribution in [2.45, 2.75) is 18.8 Å². The highest BCUT2D eigenvalue weighted by molar-refractivity contribution is 5.50. The van der Waals surface area contributed by atoms with Gasteiger partial charge < -0.3 is 0 Å². The molecule has 0 saturated heterocycles. The Morgan fingerprint density at radius 3 is 1.75 bits per heavy atom. The number of hydrogen-bond acceptors (Lipinski definition) is 0. The summed E-state index contributed by atoms with van der Waals surface area (Å²) in [5.41, 5.74) is 6.31. The summed E-state index contributed by atoms with van der Waals surface area (Å²) in [7, 11) is 0. The molecule has 0 bridgehead atoms. The first-order chi connectivity index (χ1) is 7.93. The molecule has 2 aliphatic carbocycles. The number of benzene rings is 2. The van der Waals surface area contributed by atoms with Crippen LogP contribution in [0.2, 0.25) is 0 Å². The van der Waals surface area contributed by atoms with Gasteiger partial charge in [-0.1, -0.05) is 48.5 Å². The molecule has 0 aliphatic heterocycles. The van der Waals surface area contributed by atoms with Crippen LogP contribution in [0.25, 0.3) is 0 Å². The zero-order chi connectivity index (χ0) is 10.5. The van der Waals surface area contributed by atoms with Crippen molar-refractivity contribution >= 4 is 0 Å². The zero-order valence-corrected chi connectivity index (χ0v) is 9.19. The zero-order valence-electron chi connectivity index (χ0n) is 9.19. The highest BCUT2D eigenvalue weighted by atomic mass is 14.4. The van der Waals surface area contributed by atoms with Gasteiger partial charge in [-0.05, 0) is 41.0 Å². The van der Waals surface area contributed by atoms with E-state index in [0.717, 1.165) is 5.92 Å². The number of fused-ring (bicyclic) bond motifs is 5. The molecule has 16 heavy (non-hydrogen) atoms. The Morgan fingerprint density at radius 1 is 0.688 bits per heavy atom. The summed E-state index contributed by atoms with van der Waals surface area (Å²) in [5.74, 6) is 1.52. The molecular weight excluding hydrogens is 192 g/mol. The van der Waals surface area contributed by atoms with Gasteiger partial charge in [-0.2, -0.15) is 0 Å². The molecule has 4 rings (SSSR count). The molecule has 2 aromatic carbocycles. The van der Waals surface area contributed by atoms with Crippen molar-refractivity contribution in [1.82, 2.24) is 0 Å². The summed E-state index contributed by atoms with van der Waals surface area (Å²) in [6.45, 7) is 0. The van der Waals surface area contributed by atoms with Crippen LogP contribution in [0.15, 0.2) is 48.5 Å². The molecule has 0 atom stereocenters. The molecule has 2 aliphatic rings. The maximum Gasteiger partial charge on any atom is 0.0129 e. The minimum absolute atomic E-state index is 0.687. The van der Waals surface area contributed by atoms with Gasteiger partial charge in [0.05, 0.1) is 0 Å². The fourth-order valence-corrected chi connectivity index (χ4v) is 3.60. The molecule has 0 unspecified atom stereocenters. The van der Waals surface area contributed by atoms with E-state index < -0.39 is 0 Å². The van der Waals surface area contributed by atoms with E-state index in [1.54, 1.807) is 22.3 Å². The second kappa shape index (κ2) is 2.98. The van der Waals surface area contributed by atoms with E-state index in [-0.39, 0.29) is 0 Å². The Morgan fingerprint density at radius 2 is 1.19 bits per heavy atom. The lowest BCUT2D eigenvalue weighted by Crippen LogP contribution is -2.01. The molecule has 0 heteroatoms. The van der Waals surface area contributed by atoms with Crippen molar-refractivity contribution in [1.29, 1.82) is 0 Å². The van der Waals surface area contributed by atoms with E-state index in [1.807, 2.05) is 0 Å². The van der Waals surface area contributed by atoms with Crippen molar-refractivity contribution in [2.75, 3.05) is 0 Å². The van der Waals surface area contributed by atoms with Crippen LogP contribution in [-0.2, 0) is 12.8 Å². The lowest BCUT2D eigenvalue weighted by Gasteiger charge is -2.11. The van der Waals surface area contributed by atoms with Crippen LogP contribution in [0.5, 0.6) is 0 Å². The molecule has 0 radical (unpaired) electrons. The Balaban J connectivity index is 1.93. The Bertz CT molecular complexity index is 504. The summed E-state index contributed by atoms with van der Waals surface area (Å²) in [5, 5.41) is 0. The topological polar surface area (TPSA) is 0 Å². The molecule has 2 aromatic rings. The second-order valence-corrected chi connectivity index (χ2v) is 5.04. The average Bonchev–Trinajstić information content (AvgIpc) is 2.83. The molecule has 0 N–H and O–H groups in total. The summed E-state index contributed by atoms with van der Waals surface area (Å²) in [6.07, 6.45) is 2.55. The first-order valence-electron chi connectivity index (χ1n) is 6.09. The number of hydrogen-bond donors (Lipinski definition) is 0. The van der Waals surface area contributed by atoms with Gasteiger partial charge in [-0.3, -0.25) is 0 Å². The second-order valence-electron chi connectivity index (χ2n) is 5.04. The van der Waals surface area contributed by atoms with Gasteiger partial charge in [0.2, 0.25) is 0 Å². The van der Waals surface area contributed by atoms with Crippen LogP contribution >= 0.6 is 0 Å². The average molecular weight is 206 g/mol. The van der Waals surface area contributed by atoms with Crippen molar-refractivity contribution in [3.63, 3.8) is 0 Å². The highest BCUT2D eigenvalue weighted by Gasteiger charge is 2.38. The van der Waals surface area contributed by atoms with Gasteiger partial charge >= 0.3 is 0 Å². The van der Waals surface area contributed by atoms with Crippen LogP contribution in [0.3, 0.4) is 0 Å². The minimum Gasteiger partial charge on any atom is -0.0620 e. The smallest absolute Gasteiger partial charge is 0.0129 e. The van der Waals surface area contributed by atoms with Crippen LogP contribution < -0.4 is 0 Å². The molecule has 0 saturated carbocycles. The van der Waals surface area contributed by atoms with E-state index in [2.05, 4.69) is 48.5 Å². The van der Waals surface area contributed by atoms with Crippen molar-refractivity contribution in [3.05, 3.63) is 70.8 Å². The van der Waals surface area contributed by atoms with Crippen LogP contribution in [-0.4, -0.2) is 0 Å². The van der Waals surface area contributed by atoms with Crippen molar-refractivity contribution < 1.29 is 0 Å². The third-order valence-electron chi connectivity index (χ3n) is 4.22. The van der Waals surface area contributed by atoms with Gasteiger partial charge in [-0.15, -0.1) is 0 Å². The molecule has 0 aromatic heterocycles. The standard InChI is InChI=1S/C16H14/c1-3-7-14-11(5-1)9-13-10-12-6-2-4-8-15(12)16(13)14/h1-8,13,16H,9-10H2. The van der Waals surface area contributed by atoms with E-state index in [9.17, 15) is 0 Å². The monoisotopic (exact) mass is 206 g/mol. The van der Waals surface area contributed by atoms with Gasteiger partial charge in [-0.25, -0.2) is 0 Å². The highest BCUT2D eigenvalue weighted by Crippen LogP contribution is 2.49. The van der Waals surface area contributed by atoms with Gasteiger partial charge in [0.15, 0.2) is 0 Å². The summed E-state index contributed by atoms with van der Waals surface area (Å²) < 4.78 is 0. The summed E-state index contributed by atoms with van der Waals surface area (Å²) in [4.78, 5) is 0. The SMILES string of the molecule is c1ccc2c(c1)CC1Cc3ccccc3C21. The first-order valence-corrected chi connectivity index (χ1v) is 6.09. The Kier molecular flexibility index (Phi) is 1.59. The molecule has 0 heterocycles. The van der Waals surface area contributed by atoms with Crippen LogP contribution in [0.1, 0.15) is 28.2 Å². The summed E-state index contributed by atoms with van der Waals surface area (Å²) in [6, 6.07) is 18.0. The molecule has 0 nitrogen and oxygen atoms in total. The Labute approximate surface area is 95.9 Å². The van der Waals surface area contributed by atoms with E-state index in [0.29, 0.717) is 5.92 Å². The lowest BCUT2D eigenvalue weighted by atomic mass is 9.92. The quantitative estimate of drug-likeness (QED) is 0.618. The molecule has 78 valence electrons. The van der Waals surface area contributed by atoms with Crippen LogP contribution in [0, 0.1) is 5.92 Å². The predicted octanol–water partition coefficient (Wildman–Crippen LogP) is 3.55. The van der Waals surface area contributed by atoms with Gasteiger partial charge in [0.1, 0.15) is 0 Å². The van der Waals surface area contributed by atoms with Crippen molar-refractivity contribution in [2.24, 2.45) is 5.92 Å². The first kappa shape index (κ1) is 8.58. The van der Waals surface area contributed by atoms with E-state index in [4.69, 9.17) is 0 Å². The van der Waals surface area contributed by atoms with Crippen molar-refractivity contribution in [3.8, 4) is 0 Å². The number of rotatable bonds is 0. The third-order valence-corrected chi connectivity index (χ3v) is 4.22. The normalized spacial score (nSPS) is 25.0. The fraction of sp³-hybridized carbons (Fsp3) is 0.250. The predicted molar refractivity (Wildman–Crippen MR) is 65.6 cm³/mol. The maximum absolute atomic E-state index is 2.32. The minimum atomic E-state index is 0.687. The van der Waals surface area contributed by atoms with Gasteiger partial charge in [0.25, 0.3) is 0 Å². The molecule has 0 amide bonds. The fourth-order valence-electron chi connectivity index (χ4n) is 3.60. The summed E-state index contributed by atoms with van der Waals surface area (Å²) >= 11 is 0. The third kappa shape index (κ3) is 0.996. The molecule has 0 spiro atoms. The molecule has 0 fully saturated rings. The van der Waals surface area contributed by atoms with E-state index >= 15 is 0 Å². The largest absolute Gasteiger partial charge is 0.0620 e. The van der Waals surface area contributed by atoms with E-state index in [1.165, 1.54) is 12.8 Å². The Hall–Kier alpha value is -1.56. The maximum atomic E-state index is 2.32. The van der Waals surface area contributed by atoms with Crippen LogP contribution in [0.4, 0.5) is 0 Å². The van der Waals surface area contributed by atoms with Gasteiger partial charge in [0, 0.05) is 5.92 Å².